The third kappa shape index (κ3) is 3.03. The van der Waals surface area contributed by atoms with Crippen LogP contribution in [0.2, 0.25) is 0 Å². The summed E-state index contributed by atoms with van der Waals surface area (Å²) in [7, 11) is 0. The molecular formula is C17H24N2O. The van der Waals surface area contributed by atoms with Gasteiger partial charge < -0.3 is 10.1 Å². The van der Waals surface area contributed by atoms with Gasteiger partial charge in [0.15, 0.2) is 0 Å². The number of nitrogens with zero attached hydrogens (tertiary/aromatic N) is 1. The van der Waals surface area contributed by atoms with Crippen LogP contribution in [0.15, 0.2) is 24.3 Å². The van der Waals surface area contributed by atoms with E-state index in [4.69, 9.17) is 9.72 Å². The van der Waals surface area contributed by atoms with Gasteiger partial charge in [-0.15, -0.1) is 0 Å². The van der Waals surface area contributed by atoms with Crippen molar-refractivity contribution in [2.45, 2.75) is 40.0 Å². The predicted octanol–water partition coefficient (Wildman–Crippen LogP) is 4.58. The van der Waals surface area contributed by atoms with E-state index in [-0.39, 0.29) is 0 Å². The highest BCUT2D eigenvalue weighted by Crippen LogP contribution is 2.31. The number of nitrogens with one attached hydrogen (secondary N) is 1. The number of fused-ring (bicyclic) bond motifs is 1. The molecule has 0 spiro atoms. The van der Waals surface area contributed by atoms with Crippen LogP contribution in [-0.4, -0.2) is 18.1 Å². The standard InChI is InChI=1S/C17H24N2O/c1-5-10-18-17-14(12(3)4)11-13-8-7-9-15(20-6-2)16(13)19-17/h7-9,11-12H,5-6,10H2,1-4H3,(H,18,19). The summed E-state index contributed by atoms with van der Waals surface area (Å²) in [5, 5.41) is 4.58. The monoisotopic (exact) mass is 272 g/mol. The first kappa shape index (κ1) is 14.6. The van der Waals surface area contributed by atoms with Crippen LogP contribution in [0.5, 0.6) is 5.75 Å². The van der Waals surface area contributed by atoms with Crippen molar-refractivity contribution in [3.8, 4) is 5.75 Å². The number of pyridine rings is 1. The molecule has 0 saturated carbocycles. The Balaban J connectivity index is 2.56. The predicted molar refractivity (Wildman–Crippen MR) is 85.8 cm³/mol. The first-order chi connectivity index (χ1) is 9.67. The van der Waals surface area contributed by atoms with Crippen molar-refractivity contribution in [3.63, 3.8) is 0 Å². The number of aromatic nitrogens is 1. The van der Waals surface area contributed by atoms with Gasteiger partial charge in [-0.2, -0.15) is 0 Å². The van der Waals surface area contributed by atoms with Gasteiger partial charge in [-0.1, -0.05) is 32.9 Å². The lowest BCUT2D eigenvalue weighted by atomic mass is 10.0. The van der Waals surface area contributed by atoms with Crippen LogP contribution in [0.25, 0.3) is 10.9 Å². The van der Waals surface area contributed by atoms with E-state index in [1.165, 1.54) is 5.56 Å². The zero-order chi connectivity index (χ0) is 14.5. The minimum absolute atomic E-state index is 0.446. The second kappa shape index (κ2) is 6.60. The first-order valence-electron chi connectivity index (χ1n) is 7.47. The molecule has 3 nitrogen and oxygen atoms in total. The number of anilines is 1. The molecule has 1 aromatic heterocycles. The molecule has 1 heterocycles. The third-order valence-electron chi connectivity index (χ3n) is 3.30. The Hall–Kier alpha value is -1.77. The maximum absolute atomic E-state index is 5.69. The molecule has 20 heavy (non-hydrogen) atoms. The van der Waals surface area contributed by atoms with E-state index in [1.54, 1.807) is 0 Å². The number of hydrogen-bond donors (Lipinski definition) is 1. The number of para-hydroxylation sites is 1. The molecule has 0 aliphatic heterocycles. The van der Waals surface area contributed by atoms with Crippen molar-refractivity contribution in [1.29, 1.82) is 0 Å². The summed E-state index contributed by atoms with van der Waals surface area (Å²) in [6, 6.07) is 8.34. The molecule has 3 heteroatoms. The number of benzene rings is 1. The van der Waals surface area contributed by atoms with Gasteiger partial charge in [0.25, 0.3) is 0 Å². The summed E-state index contributed by atoms with van der Waals surface area (Å²) in [6.07, 6.45) is 1.09. The van der Waals surface area contributed by atoms with Crippen molar-refractivity contribution in [3.05, 3.63) is 29.8 Å². The van der Waals surface area contributed by atoms with Gasteiger partial charge in [0, 0.05) is 11.9 Å². The molecule has 0 fully saturated rings. The van der Waals surface area contributed by atoms with Crippen LogP contribution in [0, 0.1) is 0 Å². The first-order valence-corrected chi connectivity index (χ1v) is 7.47. The Kier molecular flexibility index (Phi) is 4.83. The third-order valence-corrected chi connectivity index (χ3v) is 3.30. The Bertz CT molecular complexity index is 578. The lowest BCUT2D eigenvalue weighted by Crippen LogP contribution is -2.07. The van der Waals surface area contributed by atoms with Crippen LogP contribution < -0.4 is 10.1 Å². The molecular weight excluding hydrogens is 248 g/mol. The lowest BCUT2D eigenvalue weighted by molar-refractivity contribution is 0.343. The smallest absolute Gasteiger partial charge is 0.145 e. The van der Waals surface area contributed by atoms with E-state index < -0.39 is 0 Å². The van der Waals surface area contributed by atoms with Crippen molar-refractivity contribution in [2.24, 2.45) is 0 Å². The summed E-state index contributed by atoms with van der Waals surface area (Å²) in [6.45, 7) is 10.2. The van der Waals surface area contributed by atoms with E-state index in [0.717, 1.165) is 35.4 Å². The zero-order valence-corrected chi connectivity index (χ0v) is 12.9. The molecule has 1 aromatic carbocycles. The van der Waals surface area contributed by atoms with Gasteiger partial charge in [0.05, 0.1) is 6.61 Å². The summed E-state index contributed by atoms with van der Waals surface area (Å²) in [5.74, 6) is 2.29. The average Bonchev–Trinajstić information content (AvgIpc) is 2.44. The summed E-state index contributed by atoms with van der Waals surface area (Å²) < 4.78 is 5.69. The molecule has 108 valence electrons. The summed E-state index contributed by atoms with van der Waals surface area (Å²) in [4.78, 5) is 4.82. The van der Waals surface area contributed by atoms with Gasteiger partial charge in [-0.25, -0.2) is 4.98 Å². The highest BCUT2D eigenvalue weighted by molar-refractivity contribution is 5.87. The van der Waals surface area contributed by atoms with E-state index in [9.17, 15) is 0 Å². The van der Waals surface area contributed by atoms with E-state index in [1.807, 2.05) is 19.1 Å². The zero-order valence-electron chi connectivity index (χ0n) is 12.9. The van der Waals surface area contributed by atoms with Crippen LogP contribution in [0.1, 0.15) is 45.6 Å². The Morgan fingerprint density at radius 3 is 2.70 bits per heavy atom. The van der Waals surface area contributed by atoms with Crippen molar-refractivity contribution in [2.75, 3.05) is 18.5 Å². The Labute approximate surface area is 121 Å². The van der Waals surface area contributed by atoms with Crippen LogP contribution in [-0.2, 0) is 0 Å². The molecule has 0 aliphatic carbocycles. The largest absolute Gasteiger partial charge is 0.492 e. The van der Waals surface area contributed by atoms with Crippen LogP contribution in [0.3, 0.4) is 0 Å². The Morgan fingerprint density at radius 2 is 2.05 bits per heavy atom. The molecule has 1 N–H and O–H groups in total. The normalized spacial score (nSPS) is 11.1. The fourth-order valence-corrected chi connectivity index (χ4v) is 2.28. The van der Waals surface area contributed by atoms with Crippen LogP contribution in [0.4, 0.5) is 5.82 Å². The molecule has 0 atom stereocenters. The van der Waals surface area contributed by atoms with Gasteiger partial charge >= 0.3 is 0 Å². The highest BCUT2D eigenvalue weighted by Gasteiger charge is 2.12. The molecule has 0 amide bonds. The minimum Gasteiger partial charge on any atom is -0.492 e. The molecule has 0 unspecified atom stereocenters. The maximum Gasteiger partial charge on any atom is 0.145 e. The fraction of sp³-hybridized carbons (Fsp3) is 0.471. The average molecular weight is 272 g/mol. The lowest BCUT2D eigenvalue weighted by Gasteiger charge is -2.16. The number of rotatable bonds is 6. The van der Waals surface area contributed by atoms with Crippen molar-refractivity contribution < 1.29 is 4.74 Å². The highest BCUT2D eigenvalue weighted by atomic mass is 16.5. The Morgan fingerprint density at radius 1 is 1.25 bits per heavy atom. The second-order valence-corrected chi connectivity index (χ2v) is 5.27. The van der Waals surface area contributed by atoms with E-state index in [2.05, 4.69) is 38.2 Å². The SMILES string of the molecule is CCCNc1nc2c(OCC)cccc2cc1C(C)C. The van der Waals surface area contributed by atoms with Crippen molar-refractivity contribution >= 4 is 16.7 Å². The van der Waals surface area contributed by atoms with Gasteiger partial charge in [0.1, 0.15) is 17.1 Å². The molecule has 0 aliphatic rings. The summed E-state index contributed by atoms with van der Waals surface area (Å²) >= 11 is 0. The van der Waals surface area contributed by atoms with Crippen LogP contribution >= 0.6 is 0 Å². The molecule has 2 aromatic rings. The molecule has 0 radical (unpaired) electrons. The van der Waals surface area contributed by atoms with Gasteiger partial charge in [-0.3, -0.25) is 0 Å². The second-order valence-electron chi connectivity index (χ2n) is 5.27. The summed E-state index contributed by atoms with van der Waals surface area (Å²) in [5.41, 5.74) is 2.21. The topological polar surface area (TPSA) is 34.2 Å². The maximum atomic E-state index is 5.69. The van der Waals surface area contributed by atoms with E-state index in [0.29, 0.717) is 12.5 Å². The number of ether oxygens (including phenoxy) is 1. The molecule has 0 bridgehead atoms. The van der Waals surface area contributed by atoms with E-state index >= 15 is 0 Å². The van der Waals surface area contributed by atoms with Crippen molar-refractivity contribution in [1.82, 2.24) is 4.98 Å². The van der Waals surface area contributed by atoms with Gasteiger partial charge in [0.2, 0.25) is 0 Å². The fourth-order valence-electron chi connectivity index (χ4n) is 2.28. The molecule has 2 rings (SSSR count). The van der Waals surface area contributed by atoms with Gasteiger partial charge in [-0.05, 0) is 37.0 Å². The number of hydrogen-bond acceptors (Lipinski definition) is 3. The minimum atomic E-state index is 0.446. The quantitative estimate of drug-likeness (QED) is 0.835. The molecule has 0 saturated heterocycles.